The fourth-order valence-corrected chi connectivity index (χ4v) is 4.31. The molecule has 1 amide bonds. The Hall–Kier alpha value is -3.62. The molecule has 4 heterocycles. The number of fused-ring (bicyclic) bond motifs is 2. The Bertz CT molecular complexity index is 1230. The third-order valence-corrected chi connectivity index (χ3v) is 5.95. The van der Waals surface area contributed by atoms with E-state index in [1.165, 1.54) is 0 Å². The van der Waals surface area contributed by atoms with Gasteiger partial charge in [0.05, 0.1) is 17.2 Å². The van der Waals surface area contributed by atoms with Crippen LogP contribution in [0.3, 0.4) is 0 Å². The Morgan fingerprint density at radius 3 is 2.64 bits per heavy atom. The van der Waals surface area contributed by atoms with Crippen molar-refractivity contribution < 1.29 is 14.3 Å². The van der Waals surface area contributed by atoms with E-state index in [1.54, 1.807) is 27.9 Å². The van der Waals surface area contributed by atoms with E-state index in [0.29, 0.717) is 56.0 Å². The number of anilines is 1. The van der Waals surface area contributed by atoms with Crippen LogP contribution in [0.2, 0.25) is 0 Å². The van der Waals surface area contributed by atoms with E-state index in [2.05, 4.69) is 23.8 Å². The molecule has 0 N–H and O–H groups in total. The molecule has 0 radical (unpaired) electrons. The first-order valence-electron chi connectivity index (χ1n) is 11.3. The molecule has 0 aliphatic carbocycles. The molecule has 2 aromatic heterocycles. The van der Waals surface area contributed by atoms with Crippen LogP contribution in [0.4, 0.5) is 5.82 Å². The molecule has 1 atom stereocenters. The van der Waals surface area contributed by atoms with Gasteiger partial charge < -0.3 is 23.8 Å². The Balaban J connectivity index is 1.32. The van der Waals surface area contributed by atoms with Gasteiger partial charge in [0, 0.05) is 38.9 Å². The molecule has 1 fully saturated rings. The maximum absolute atomic E-state index is 13.3. The summed E-state index contributed by atoms with van der Waals surface area (Å²) < 4.78 is 13.3. The monoisotopic (exact) mass is 449 g/mol. The summed E-state index contributed by atoms with van der Waals surface area (Å²) in [5.41, 5.74) is 1.36. The molecule has 1 saturated heterocycles. The molecular weight excluding hydrogens is 422 g/mol. The number of carbonyl (C=O) groups excluding carboxylic acids is 1. The molecule has 3 aromatic rings. The van der Waals surface area contributed by atoms with Gasteiger partial charge in [-0.3, -0.25) is 14.6 Å². The van der Waals surface area contributed by atoms with Crippen molar-refractivity contribution in [3.63, 3.8) is 0 Å². The number of pyridine rings is 1. The average molecular weight is 450 g/mol. The number of hydrogen-bond donors (Lipinski definition) is 0. The number of para-hydroxylation sites is 2. The topological polar surface area (TPSA) is 89.8 Å². The van der Waals surface area contributed by atoms with Gasteiger partial charge >= 0.3 is 0 Å². The third kappa shape index (κ3) is 4.10. The maximum Gasteiger partial charge on any atom is 0.294 e. The van der Waals surface area contributed by atoms with E-state index >= 15 is 0 Å². The number of ether oxygens (including phenoxy) is 2. The van der Waals surface area contributed by atoms with E-state index in [9.17, 15) is 9.59 Å². The third-order valence-electron chi connectivity index (χ3n) is 5.95. The minimum absolute atomic E-state index is 0.0982. The molecule has 2 aliphatic rings. The van der Waals surface area contributed by atoms with Crippen molar-refractivity contribution in [2.24, 2.45) is 5.92 Å². The van der Waals surface area contributed by atoms with Crippen molar-refractivity contribution in [1.82, 2.24) is 19.4 Å². The number of benzene rings is 1. The second kappa shape index (κ2) is 8.73. The Kier molecular flexibility index (Phi) is 5.62. The molecule has 9 nitrogen and oxygen atoms in total. The fraction of sp³-hybridized carbons (Fsp3) is 0.417. The highest BCUT2D eigenvalue weighted by molar-refractivity contribution is 5.82. The lowest BCUT2D eigenvalue weighted by Crippen LogP contribution is -2.55. The van der Waals surface area contributed by atoms with Crippen LogP contribution in [-0.4, -0.2) is 64.2 Å². The Morgan fingerprint density at radius 2 is 1.88 bits per heavy atom. The van der Waals surface area contributed by atoms with Crippen LogP contribution in [0.25, 0.3) is 11.0 Å². The SMILES string of the molecule is CC(C)Cn1c(=O)c(N2CCN(C(=O)C3COc4ccccc4O3)CC2)nc2ccncc21. The van der Waals surface area contributed by atoms with Gasteiger partial charge in [-0.25, -0.2) is 4.98 Å². The zero-order chi connectivity index (χ0) is 22.9. The second-order valence-electron chi connectivity index (χ2n) is 8.79. The van der Waals surface area contributed by atoms with Crippen LogP contribution >= 0.6 is 0 Å². The van der Waals surface area contributed by atoms with Gasteiger partial charge in [-0.1, -0.05) is 26.0 Å². The van der Waals surface area contributed by atoms with Gasteiger partial charge in [0.2, 0.25) is 6.10 Å². The summed E-state index contributed by atoms with van der Waals surface area (Å²) in [6, 6.07) is 9.18. The second-order valence-corrected chi connectivity index (χ2v) is 8.79. The molecule has 0 bridgehead atoms. The number of piperazine rings is 1. The highest BCUT2D eigenvalue weighted by Crippen LogP contribution is 2.31. The van der Waals surface area contributed by atoms with Crippen LogP contribution in [0.15, 0.2) is 47.5 Å². The van der Waals surface area contributed by atoms with E-state index in [0.717, 1.165) is 11.0 Å². The van der Waals surface area contributed by atoms with Gasteiger partial charge in [-0.2, -0.15) is 0 Å². The lowest BCUT2D eigenvalue weighted by atomic mass is 10.2. The van der Waals surface area contributed by atoms with Crippen molar-refractivity contribution in [2.75, 3.05) is 37.7 Å². The van der Waals surface area contributed by atoms with Gasteiger partial charge in [0.15, 0.2) is 17.3 Å². The summed E-state index contributed by atoms with van der Waals surface area (Å²) >= 11 is 0. The molecule has 0 spiro atoms. The molecule has 172 valence electrons. The first-order chi connectivity index (χ1) is 16.0. The van der Waals surface area contributed by atoms with Crippen molar-refractivity contribution in [2.45, 2.75) is 26.5 Å². The largest absolute Gasteiger partial charge is 0.485 e. The van der Waals surface area contributed by atoms with Crippen molar-refractivity contribution in [3.8, 4) is 11.5 Å². The van der Waals surface area contributed by atoms with Gasteiger partial charge in [0.1, 0.15) is 6.61 Å². The number of carbonyl (C=O) groups is 1. The molecule has 1 aromatic carbocycles. The lowest BCUT2D eigenvalue weighted by molar-refractivity contribution is -0.141. The summed E-state index contributed by atoms with van der Waals surface area (Å²) in [6.45, 7) is 6.96. The van der Waals surface area contributed by atoms with Crippen molar-refractivity contribution in [3.05, 3.63) is 53.1 Å². The number of hydrogen-bond acceptors (Lipinski definition) is 7. The molecule has 33 heavy (non-hydrogen) atoms. The van der Waals surface area contributed by atoms with Gasteiger partial charge in [-0.15, -0.1) is 0 Å². The summed E-state index contributed by atoms with van der Waals surface area (Å²) in [5, 5.41) is 0. The fourth-order valence-electron chi connectivity index (χ4n) is 4.31. The smallest absolute Gasteiger partial charge is 0.294 e. The first-order valence-corrected chi connectivity index (χ1v) is 11.3. The molecule has 0 saturated carbocycles. The van der Waals surface area contributed by atoms with Crippen LogP contribution in [0.1, 0.15) is 13.8 Å². The lowest BCUT2D eigenvalue weighted by Gasteiger charge is -2.37. The van der Waals surface area contributed by atoms with Gasteiger partial charge in [0.25, 0.3) is 11.5 Å². The highest BCUT2D eigenvalue weighted by atomic mass is 16.6. The van der Waals surface area contributed by atoms with Crippen molar-refractivity contribution in [1.29, 1.82) is 0 Å². The molecule has 9 heteroatoms. The Morgan fingerprint density at radius 1 is 1.12 bits per heavy atom. The van der Waals surface area contributed by atoms with E-state index < -0.39 is 6.10 Å². The maximum atomic E-state index is 13.3. The Labute approximate surface area is 191 Å². The quantitative estimate of drug-likeness (QED) is 0.601. The number of aromatic nitrogens is 3. The number of rotatable bonds is 4. The highest BCUT2D eigenvalue weighted by Gasteiger charge is 2.33. The molecule has 5 rings (SSSR count). The average Bonchev–Trinajstić information content (AvgIpc) is 2.85. The minimum Gasteiger partial charge on any atom is -0.485 e. The molecular formula is C24H27N5O4. The predicted molar refractivity (Wildman–Crippen MR) is 124 cm³/mol. The van der Waals surface area contributed by atoms with Crippen LogP contribution < -0.4 is 19.9 Å². The summed E-state index contributed by atoms with van der Waals surface area (Å²) in [7, 11) is 0. The predicted octanol–water partition coefficient (Wildman–Crippen LogP) is 1.94. The number of amides is 1. The van der Waals surface area contributed by atoms with Crippen LogP contribution in [0.5, 0.6) is 11.5 Å². The zero-order valence-electron chi connectivity index (χ0n) is 18.8. The number of nitrogens with zero attached hydrogens (tertiary/aromatic N) is 5. The zero-order valence-corrected chi connectivity index (χ0v) is 18.8. The van der Waals surface area contributed by atoms with E-state index in [1.807, 2.05) is 29.2 Å². The minimum atomic E-state index is -0.666. The summed E-state index contributed by atoms with van der Waals surface area (Å²) in [5.74, 6) is 1.87. The van der Waals surface area contributed by atoms with E-state index in [4.69, 9.17) is 9.47 Å². The standard InChI is InChI=1S/C24H27N5O4/c1-16(2)14-29-18-13-25-8-7-17(18)26-22(24(29)31)27-9-11-28(12-10-27)23(30)21-15-32-19-5-3-4-6-20(19)33-21/h3-8,13,16,21H,9-12,14-15H2,1-2H3. The van der Waals surface area contributed by atoms with Crippen LogP contribution in [-0.2, 0) is 11.3 Å². The van der Waals surface area contributed by atoms with Crippen LogP contribution in [0, 0.1) is 5.92 Å². The molecule has 2 aliphatic heterocycles. The summed E-state index contributed by atoms with van der Waals surface area (Å²) in [6.07, 6.45) is 2.71. The summed E-state index contributed by atoms with van der Waals surface area (Å²) in [4.78, 5) is 38.9. The van der Waals surface area contributed by atoms with Gasteiger partial charge in [-0.05, 0) is 24.1 Å². The van der Waals surface area contributed by atoms with Crippen molar-refractivity contribution >= 4 is 22.8 Å². The normalized spacial score (nSPS) is 18.1. The molecule has 1 unspecified atom stereocenters. The first kappa shape index (κ1) is 21.2. The van der Waals surface area contributed by atoms with E-state index in [-0.39, 0.29) is 18.1 Å².